The smallest absolute Gasteiger partial charge is 0.149 e. The lowest BCUT2D eigenvalue weighted by Gasteiger charge is -2.40. The second kappa shape index (κ2) is 4.69. The maximum absolute atomic E-state index is 12.1. The van der Waals surface area contributed by atoms with Gasteiger partial charge in [0.25, 0.3) is 0 Å². The number of ketones is 1. The average molecular weight is 214 g/mol. The Balaban J connectivity index is 2.81. The number of thioether (sulfide) groups is 1. The highest BCUT2D eigenvalue weighted by atomic mass is 32.2. The Morgan fingerprint density at radius 1 is 1.57 bits per heavy atom. The van der Waals surface area contributed by atoms with Crippen LogP contribution in [0.3, 0.4) is 0 Å². The van der Waals surface area contributed by atoms with Crippen molar-refractivity contribution in [3.05, 3.63) is 0 Å². The summed E-state index contributed by atoms with van der Waals surface area (Å²) in [7, 11) is 0. The SMILES string of the molecule is CCS[C@@]1(C(C)C)CC[C@H](C)CC1=O. The molecule has 1 aliphatic rings. The molecule has 0 unspecified atom stereocenters. The molecule has 1 rings (SSSR count). The normalized spacial score (nSPS) is 33.8. The predicted octanol–water partition coefficient (Wildman–Crippen LogP) is 3.52. The molecule has 1 nitrogen and oxygen atoms in total. The Bertz CT molecular complexity index is 212. The van der Waals surface area contributed by atoms with Crippen LogP contribution in [0.25, 0.3) is 0 Å². The van der Waals surface area contributed by atoms with Gasteiger partial charge < -0.3 is 0 Å². The number of carbonyl (C=O) groups is 1. The standard InChI is InChI=1S/C12H22OS/c1-5-14-12(9(2)3)7-6-10(4)8-11(12)13/h9-10H,5-8H2,1-4H3/t10-,12+/m0/s1. The molecule has 1 saturated carbocycles. The van der Waals surface area contributed by atoms with Crippen molar-refractivity contribution in [3.8, 4) is 0 Å². The first-order valence-electron chi connectivity index (χ1n) is 5.70. The predicted molar refractivity (Wildman–Crippen MR) is 63.7 cm³/mol. The van der Waals surface area contributed by atoms with Crippen LogP contribution in [0.5, 0.6) is 0 Å². The highest BCUT2D eigenvalue weighted by molar-refractivity contribution is 8.01. The van der Waals surface area contributed by atoms with Gasteiger partial charge in [0, 0.05) is 6.42 Å². The first kappa shape index (κ1) is 12.1. The van der Waals surface area contributed by atoms with E-state index in [0.29, 0.717) is 17.6 Å². The number of Topliss-reactive ketones (excluding diaryl/α,β-unsaturated/α-hetero) is 1. The fourth-order valence-corrected chi connectivity index (χ4v) is 3.73. The average Bonchev–Trinajstić information content (AvgIpc) is 2.10. The van der Waals surface area contributed by atoms with Gasteiger partial charge in [-0.1, -0.05) is 27.7 Å². The minimum atomic E-state index is -0.0543. The van der Waals surface area contributed by atoms with Gasteiger partial charge in [-0.25, -0.2) is 0 Å². The second-order valence-corrected chi connectivity index (χ2v) is 6.34. The van der Waals surface area contributed by atoms with Crippen molar-refractivity contribution in [2.75, 3.05) is 5.75 Å². The molecule has 0 aromatic heterocycles. The molecule has 14 heavy (non-hydrogen) atoms. The maximum atomic E-state index is 12.1. The second-order valence-electron chi connectivity index (χ2n) is 4.75. The van der Waals surface area contributed by atoms with E-state index in [1.165, 1.54) is 6.42 Å². The minimum absolute atomic E-state index is 0.0543. The molecule has 0 saturated heterocycles. The summed E-state index contributed by atoms with van der Waals surface area (Å²) in [5, 5.41) is 0. The summed E-state index contributed by atoms with van der Waals surface area (Å²) in [4.78, 5) is 12.1. The van der Waals surface area contributed by atoms with Crippen molar-refractivity contribution in [1.29, 1.82) is 0 Å². The maximum Gasteiger partial charge on any atom is 0.149 e. The summed E-state index contributed by atoms with van der Waals surface area (Å²) < 4.78 is -0.0543. The van der Waals surface area contributed by atoms with Crippen LogP contribution in [0.1, 0.15) is 47.0 Å². The number of rotatable bonds is 3. The molecule has 2 heteroatoms. The van der Waals surface area contributed by atoms with Crippen LogP contribution in [0.4, 0.5) is 0 Å². The van der Waals surface area contributed by atoms with Gasteiger partial charge in [0.15, 0.2) is 0 Å². The molecule has 1 fully saturated rings. The van der Waals surface area contributed by atoms with E-state index in [-0.39, 0.29) is 4.75 Å². The van der Waals surface area contributed by atoms with Crippen molar-refractivity contribution < 1.29 is 4.79 Å². The Hall–Kier alpha value is 0.0200. The largest absolute Gasteiger partial charge is 0.298 e. The Kier molecular flexibility index (Phi) is 4.05. The summed E-state index contributed by atoms with van der Waals surface area (Å²) in [6.07, 6.45) is 3.10. The lowest BCUT2D eigenvalue weighted by molar-refractivity contribution is -0.125. The van der Waals surface area contributed by atoms with Crippen LogP contribution < -0.4 is 0 Å². The summed E-state index contributed by atoms with van der Waals surface area (Å²) in [6.45, 7) is 8.73. The number of hydrogen-bond donors (Lipinski definition) is 0. The molecule has 0 aliphatic heterocycles. The number of hydrogen-bond acceptors (Lipinski definition) is 2. The van der Waals surface area contributed by atoms with Crippen molar-refractivity contribution >= 4 is 17.5 Å². The van der Waals surface area contributed by atoms with Gasteiger partial charge in [-0.05, 0) is 30.4 Å². The highest BCUT2D eigenvalue weighted by Gasteiger charge is 2.43. The molecule has 0 amide bonds. The summed E-state index contributed by atoms with van der Waals surface area (Å²) in [5.41, 5.74) is 0. The van der Waals surface area contributed by atoms with E-state index in [1.54, 1.807) is 0 Å². The number of carbonyl (C=O) groups excluding carboxylic acids is 1. The first-order valence-corrected chi connectivity index (χ1v) is 6.68. The van der Waals surface area contributed by atoms with Gasteiger partial charge in [-0.15, -0.1) is 11.8 Å². The molecule has 0 aromatic carbocycles. The highest BCUT2D eigenvalue weighted by Crippen LogP contribution is 2.44. The first-order chi connectivity index (χ1) is 6.53. The van der Waals surface area contributed by atoms with Gasteiger partial charge >= 0.3 is 0 Å². The van der Waals surface area contributed by atoms with E-state index < -0.39 is 0 Å². The van der Waals surface area contributed by atoms with Gasteiger partial charge in [-0.3, -0.25) is 4.79 Å². The molecule has 82 valence electrons. The zero-order valence-electron chi connectivity index (χ0n) is 9.80. The molecule has 0 radical (unpaired) electrons. The Morgan fingerprint density at radius 3 is 2.64 bits per heavy atom. The van der Waals surface area contributed by atoms with Crippen molar-refractivity contribution in [1.82, 2.24) is 0 Å². The van der Waals surface area contributed by atoms with Crippen LogP contribution in [0.2, 0.25) is 0 Å². The van der Waals surface area contributed by atoms with Crippen molar-refractivity contribution in [3.63, 3.8) is 0 Å². The Morgan fingerprint density at radius 2 is 2.21 bits per heavy atom. The van der Waals surface area contributed by atoms with E-state index in [1.807, 2.05) is 11.8 Å². The van der Waals surface area contributed by atoms with Crippen LogP contribution in [-0.2, 0) is 4.79 Å². The third-order valence-corrected chi connectivity index (χ3v) is 5.06. The molecule has 0 N–H and O–H groups in total. The van der Waals surface area contributed by atoms with Crippen molar-refractivity contribution in [2.24, 2.45) is 11.8 Å². The fraction of sp³-hybridized carbons (Fsp3) is 0.917. The van der Waals surface area contributed by atoms with E-state index >= 15 is 0 Å². The van der Waals surface area contributed by atoms with E-state index in [2.05, 4.69) is 27.7 Å². The van der Waals surface area contributed by atoms with Gasteiger partial charge in [0.2, 0.25) is 0 Å². The van der Waals surface area contributed by atoms with Gasteiger partial charge in [0.1, 0.15) is 5.78 Å². The van der Waals surface area contributed by atoms with E-state index in [9.17, 15) is 4.79 Å². The molecular formula is C12H22OS. The van der Waals surface area contributed by atoms with Gasteiger partial charge in [0.05, 0.1) is 4.75 Å². The quantitative estimate of drug-likeness (QED) is 0.715. The molecular weight excluding hydrogens is 192 g/mol. The molecule has 2 atom stereocenters. The van der Waals surface area contributed by atoms with Crippen LogP contribution >= 0.6 is 11.8 Å². The molecule has 0 heterocycles. The van der Waals surface area contributed by atoms with Crippen LogP contribution in [0.15, 0.2) is 0 Å². The molecule has 0 aromatic rings. The topological polar surface area (TPSA) is 17.1 Å². The van der Waals surface area contributed by atoms with Crippen LogP contribution in [0, 0.1) is 11.8 Å². The lowest BCUT2D eigenvalue weighted by atomic mass is 9.76. The molecule has 1 aliphatic carbocycles. The zero-order chi connectivity index (χ0) is 10.8. The third kappa shape index (κ3) is 2.16. The Labute approximate surface area is 92.0 Å². The third-order valence-electron chi connectivity index (χ3n) is 3.35. The van der Waals surface area contributed by atoms with E-state index in [4.69, 9.17) is 0 Å². The van der Waals surface area contributed by atoms with Crippen molar-refractivity contribution in [2.45, 2.75) is 51.7 Å². The fourth-order valence-electron chi connectivity index (χ4n) is 2.38. The summed E-state index contributed by atoms with van der Waals surface area (Å²) in [5.74, 6) is 2.63. The summed E-state index contributed by atoms with van der Waals surface area (Å²) >= 11 is 1.87. The zero-order valence-corrected chi connectivity index (χ0v) is 10.6. The van der Waals surface area contributed by atoms with E-state index in [0.717, 1.165) is 18.6 Å². The minimum Gasteiger partial charge on any atom is -0.298 e. The van der Waals surface area contributed by atoms with Crippen LogP contribution in [-0.4, -0.2) is 16.3 Å². The molecule has 0 bridgehead atoms. The lowest BCUT2D eigenvalue weighted by Crippen LogP contribution is -2.44. The summed E-state index contributed by atoms with van der Waals surface area (Å²) in [6, 6.07) is 0. The van der Waals surface area contributed by atoms with Gasteiger partial charge in [-0.2, -0.15) is 0 Å². The molecule has 0 spiro atoms. The monoisotopic (exact) mass is 214 g/mol.